The minimum atomic E-state index is 0.230. The van der Waals surface area contributed by atoms with Crippen molar-refractivity contribution in [1.29, 1.82) is 0 Å². The van der Waals surface area contributed by atoms with Gasteiger partial charge in [0.2, 0.25) is 0 Å². The molecule has 1 unspecified atom stereocenters. The van der Waals surface area contributed by atoms with Crippen molar-refractivity contribution in [2.75, 3.05) is 5.75 Å². The maximum atomic E-state index is 6.06. The maximum Gasteiger partial charge on any atom is 0.0295 e. The Labute approximate surface area is 83.7 Å². The summed E-state index contributed by atoms with van der Waals surface area (Å²) in [6, 6.07) is 6.74. The Balaban J connectivity index is 2.41. The second kappa shape index (κ2) is 3.72. The summed E-state index contributed by atoms with van der Waals surface area (Å²) in [5, 5.41) is 0. The van der Waals surface area contributed by atoms with Crippen LogP contribution in [-0.2, 0) is 6.42 Å². The van der Waals surface area contributed by atoms with Gasteiger partial charge >= 0.3 is 0 Å². The van der Waals surface area contributed by atoms with E-state index in [4.69, 9.17) is 5.73 Å². The number of hydrogen-bond donors (Lipinski definition) is 1. The van der Waals surface area contributed by atoms with E-state index < -0.39 is 0 Å². The van der Waals surface area contributed by atoms with Crippen LogP contribution in [0, 0.1) is 0 Å². The first-order valence-corrected chi connectivity index (χ1v) is 5.81. The predicted octanol–water partition coefficient (Wildman–Crippen LogP) is 2.74. The van der Waals surface area contributed by atoms with Gasteiger partial charge in [-0.15, -0.1) is 11.8 Å². The molecule has 0 amide bonds. The lowest BCUT2D eigenvalue weighted by molar-refractivity contribution is 0.688. The van der Waals surface area contributed by atoms with Crippen LogP contribution in [0.15, 0.2) is 23.1 Å². The molecule has 0 bridgehead atoms. The van der Waals surface area contributed by atoms with Crippen LogP contribution in [0.5, 0.6) is 0 Å². The molecule has 0 spiro atoms. The summed E-state index contributed by atoms with van der Waals surface area (Å²) < 4.78 is 0. The minimum absolute atomic E-state index is 0.230. The summed E-state index contributed by atoms with van der Waals surface area (Å²) in [6.07, 6.45) is 2.23. The zero-order chi connectivity index (χ0) is 9.26. The van der Waals surface area contributed by atoms with Gasteiger partial charge in [0.25, 0.3) is 0 Å². The van der Waals surface area contributed by atoms with Crippen LogP contribution >= 0.6 is 11.8 Å². The van der Waals surface area contributed by atoms with Crippen molar-refractivity contribution in [2.45, 2.75) is 30.7 Å². The number of nitrogens with two attached hydrogens (primary N) is 1. The zero-order valence-electron chi connectivity index (χ0n) is 7.92. The molecule has 1 aliphatic heterocycles. The molecular weight excluding hydrogens is 178 g/mol. The van der Waals surface area contributed by atoms with Gasteiger partial charge < -0.3 is 5.73 Å². The summed E-state index contributed by atoms with van der Waals surface area (Å²) in [4.78, 5) is 1.45. The number of hydrogen-bond acceptors (Lipinski definition) is 2. The molecule has 70 valence electrons. The average Bonchev–Trinajstić information content (AvgIpc) is 2.63. The fourth-order valence-electron chi connectivity index (χ4n) is 1.82. The van der Waals surface area contributed by atoms with Crippen LogP contribution in [0.1, 0.15) is 30.5 Å². The van der Waals surface area contributed by atoms with Gasteiger partial charge in [-0.1, -0.05) is 19.1 Å². The van der Waals surface area contributed by atoms with Crippen molar-refractivity contribution in [3.05, 3.63) is 29.3 Å². The molecular formula is C11H15NS. The molecule has 0 fully saturated rings. The molecule has 0 saturated carbocycles. The van der Waals surface area contributed by atoms with Gasteiger partial charge in [0, 0.05) is 16.7 Å². The van der Waals surface area contributed by atoms with Crippen molar-refractivity contribution in [2.24, 2.45) is 5.73 Å². The molecule has 13 heavy (non-hydrogen) atoms. The number of rotatable bonds is 2. The summed E-state index contributed by atoms with van der Waals surface area (Å²) in [6.45, 7) is 2.14. The Morgan fingerprint density at radius 3 is 3.15 bits per heavy atom. The van der Waals surface area contributed by atoms with Crippen LogP contribution < -0.4 is 5.73 Å². The Morgan fingerprint density at radius 2 is 2.38 bits per heavy atom. The van der Waals surface area contributed by atoms with Crippen LogP contribution in [0.4, 0.5) is 0 Å². The van der Waals surface area contributed by atoms with Gasteiger partial charge in [0.05, 0.1) is 0 Å². The van der Waals surface area contributed by atoms with E-state index >= 15 is 0 Å². The highest BCUT2D eigenvalue weighted by Gasteiger charge is 2.17. The Morgan fingerprint density at radius 1 is 1.54 bits per heavy atom. The average molecular weight is 193 g/mol. The molecule has 2 N–H and O–H groups in total. The van der Waals surface area contributed by atoms with Gasteiger partial charge in [-0.05, 0) is 30.0 Å². The lowest BCUT2D eigenvalue weighted by Gasteiger charge is -2.13. The summed E-state index contributed by atoms with van der Waals surface area (Å²) >= 11 is 1.95. The highest BCUT2D eigenvalue weighted by atomic mass is 32.2. The van der Waals surface area contributed by atoms with E-state index in [-0.39, 0.29) is 6.04 Å². The Bertz CT molecular complexity index is 309. The van der Waals surface area contributed by atoms with E-state index in [0.717, 1.165) is 6.42 Å². The lowest BCUT2D eigenvalue weighted by atomic mass is 9.98. The van der Waals surface area contributed by atoms with Crippen molar-refractivity contribution in [1.82, 2.24) is 0 Å². The lowest BCUT2D eigenvalue weighted by Crippen LogP contribution is -2.11. The Kier molecular flexibility index (Phi) is 2.61. The quantitative estimate of drug-likeness (QED) is 0.781. The molecule has 1 nitrogen and oxygen atoms in total. The first kappa shape index (κ1) is 9.10. The third kappa shape index (κ3) is 1.61. The van der Waals surface area contributed by atoms with E-state index in [1.165, 1.54) is 28.2 Å². The maximum absolute atomic E-state index is 6.06. The number of benzene rings is 1. The molecule has 1 aromatic rings. The smallest absolute Gasteiger partial charge is 0.0295 e. The standard InChI is InChI=1S/C11H15NS/c1-2-10(12)8-4-3-5-11-9(8)6-7-13-11/h3-5,10H,2,6-7,12H2,1H3. The fraction of sp³-hybridized carbons (Fsp3) is 0.455. The highest BCUT2D eigenvalue weighted by Crippen LogP contribution is 2.35. The molecule has 0 aromatic heterocycles. The molecule has 0 radical (unpaired) electrons. The molecule has 2 rings (SSSR count). The third-order valence-electron chi connectivity index (χ3n) is 2.62. The van der Waals surface area contributed by atoms with Crippen LogP contribution in [-0.4, -0.2) is 5.75 Å². The summed E-state index contributed by atoms with van der Waals surface area (Å²) in [7, 11) is 0. The molecule has 1 heterocycles. The zero-order valence-corrected chi connectivity index (χ0v) is 8.73. The molecule has 2 heteroatoms. The van der Waals surface area contributed by atoms with Crippen molar-refractivity contribution in [3.63, 3.8) is 0 Å². The van der Waals surface area contributed by atoms with E-state index in [1.54, 1.807) is 0 Å². The van der Waals surface area contributed by atoms with Crippen LogP contribution in [0.2, 0.25) is 0 Å². The summed E-state index contributed by atoms with van der Waals surface area (Å²) in [5.74, 6) is 1.22. The second-order valence-corrected chi connectivity index (χ2v) is 4.57. The van der Waals surface area contributed by atoms with Crippen molar-refractivity contribution < 1.29 is 0 Å². The van der Waals surface area contributed by atoms with Crippen molar-refractivity contribution in [3.8, 4) is 0 Å². The van der Waals surface area contributed by atoms with E-state index in [9.17, 15) is 0 Å². The SMILES string of the molecule is CCC(N)c1cccc2c1CCS2. The van der Waals surface area contributed by atoms with Gasteiger partial charge in [-0.25, -0.2) is 0 Å². The highest BCUT2D eigenvalue weighted by molar-refractivity contribution is 7.99. The van der Waals surface area contributed by atoms with Crippen LogP contribution in [0.25, 0.3) is 0 Å². The molecule has 0 saturated heterocycles. The monoisotopic (exact) mass is 193 g/mol. The molecule has 1 aromatic carbocycles. The minimum Gasteiger partial charge on any atom is -0.324 e. The predicted molar refractivity (Wildman–Crippen MR) is 58.1 cm³/mol. The van der Waals surface area contributed by atoms with E-state index in [2.05, 4.69) is 25.1 Å². The fourth-order valence-corrected chi connectivity index (χ4v) is 2.91. The first-order chi connectivity index (χ1) is 6.33. The van der Waals surface area contributed by atoms with Crippen LogP contribution in [0.3, 0.4) is 0 Å². The van der Waals surface area contributed by atoms with E-state index in [1.807, 2.05) is 11.8 Å². The number of thioether (sulfide) groups is 1. The van der Waals surface area contributed by atoms with Crippen molar-refractivity contribution >= 4 is 11.8 Å². The van der Waals surface area contributed by atoms with Gasteiger partial charge in [0.1, 0.15) is 0 Å². The topological polar surface area (TPSA) is 26.0 Å². The first-order valence-electron chi connectivity index (χ1n) is 4.83. The normalized spacial score (nSPS) is 17.1. The van der Waals surface area contributed by atoms with Gasteiger partial charge in [-0.2, -0.15) is 0 Å². The van der Waals surface area contributed by atoms with Gasteiger partial charge in [-0.3, -0.25) is 0 Å². The van der Waals surface area contributed by atoms with E-state index in [0.29, 0.717) is 0 Å². The molecule has 1 aliphatic rings. The second-order valence-electron chi connectivity index (χ2n) is 3.44. The van der Waals surface area contributed by atoms with Gasteiger partial charge in [0.15, 0.2) is 0 Å². The third-order valence-corrected chi connectivity index (χ3v) is 3.72. The molecule has 0 aliphatic carbocycles. The largest absolute Gasteiger partial charge is 0.324 e. The summed E-state index contributed by atoms with van der Waals surface area (Å²) in [5.41, 5.74) is 8.93. The Hall–Kier alpha value is -0.470. The molecule has 1 atom stereocenters. The number of fused-ring (bicyclic) bond motifs is 1.